The normalized spacial score (nSPS) is 10.4. The van der Waals surface area contributed by atoms with Crippen molar-refractivity contribution in [2.75, 3.05) is 18.5 Å². The standard InChI is InChI=1S/C20H24N2O5/c1-6-26-19(24)17-13(4)18(21-14(17)5)20(25)27-10-16(23)22-15-8-7-11(2)12(3)9-15/h7-9,21H,6,10H2,1-5H3,(H,22,23). The number of aromatic amines is 1. The summed E-state index contributed by atoms with van der Waals surface area (Å²) < 4.78 is 10.1. The Bertz CT molecular complexity index is 883. The zero-order valence-corrected chi connectivity index (χ0v) is 16.2. The molecule has 0 spiro atoms. The van der Waals surface area contributed by atoms with Crippen molar-refractivity contribution in [1.82, 2.24) is 4.98 Å². The number of ether oxygens (including phenoxy) is 2. The lowest BCUT2D eigenvalue weighted by Gasteiger charge is -2.08. The first kappa shape index (κ1) is 20.2. The maximum absolute atomic E-state index is 12.3. The van der Waals surface area contributed by atoms with E-state index in [-0.39, 0.29) is 12.3 Å². The molecule has 0 aliphatic rings. The highest BCUT2D eigenvalue weighted by molar-refractivity contribution is 5.99. The highest BCUT2D eigenvalue weighted by atomic mass is 16.5. The summed E-state index contributed by atoms with van der Waals surface area (Å²) in [6.07, 6.45) is 0. The third-order valence-electron chi connectivity index (χ3n) is 4.25. The van der Waals surface area contributed by atoms with Gasteiger partial charge in [0, 0.05) is 11.4 Å². The van der Waals surface area contributed by atoms with Gasteiger partial charge in [0.25, 0.3) is 5.91 Å². The molecule has 0 atom stereocenters. The van der Waals surface area contributed by atoms with Crippen LogP contribution in [0.4, 0.5) is 5.69 Å². The Hall–Kier alpha value is -3.09. The first-order chi connectivity index (χ1) is 12.7. The number of esters is 2. The van der Waals surface area contributed by atoms with E-state index in [2.05, 4.69) is 10.3 Å². The molecular formula is C20H24N2O5. The van der Waals surface area contributed by atoms with Crippen LogP contribution in [-0.4, -0.2) is 36.0 Å². The summed E-state index contributed by atoms with van der Waals surface area (Å²) in [7, 11) is 0. The molecule has 1 heterocycles. The number of benzene rings is 1. The van der Waals surface area contributed by atoms with Gasteiger partial charge in [-0.05, 0) is 63.4 Å². The van der Waals surface area contributed by atoms with Crippen LogP contribution >= 0.6 is 0 Å². The maximum atomic E-state index is 12.3. The molecule has 2 rings (SSSR count). The molecular weight excluding hydrogens is 348 g/mol. The Labute approximate surface area is 158 Å². The van der Waals surface area contributed by atoms with Crippen LogP contribution in [0.5, 0.6) is 0 Å². The minimum absolute atomic E-state index is 0.134. The van der Waals surface area contributed by atoms with Crippen molar-refractivity contribution in [3.8, 4) is 0 Å². The second kappa shape index (κ2) is 8.53. The van der Waals surface area contributed by atoms with Crippen molar-refractivity contribution >= 4 is 23.5 Å². The number of rotatable bonds is 6. The molecule has 0 radical (unpaired) electrons. The predicted octanol–water partition coefficient (Wildman–Crippen LogP) is 3.22. The highest BCUT2D eigenvalue weighted by Gasteiger charge is 2.24. The number of aromatic nitrogens is 1. The number of H-pyrrole nitrogens is 1. The molecule has 1 amide bonds. The van der Waals surface area contributed by atoms with Crippen molar-refractivity contribution in [2.24, 2.45) is 0 Å². The minimum Gasteiger partial charge on any atom is -0.462 e. The molecule has 1 aromatic carbocycles. The smallest absolute Gasteiger partial charge is 0.355 e. The third kappa shape index (κ3) is 4.75. The van der Waals surface area contributed by atoms with Crippen molar-refractivity contribution in [3.63, 3.8) is 0 Å². The number of carbonyl (C=O) groups excluding carboxylic acids is 3. The summed E-state index contributed by atoms with van der Waals surface area (Å²) in [6, 6.07) is 5.53. The number of nitrogens with one attached hydrogen (secondary N) is 2. The molecule has 2 N–H and O–H groups in total. The van der Waals surface area contributed by atoms with E-state index < -0.39 is 24.5 Å². The summed E-state index contributed by atoms with van der Waals surface area (Å²) in [4.78, 5) is 39.1. The first-order valence-electron chi connectivity index (χ1n) is 8.65. The SMILES string of the molecule is CCOC(=O)c1c(C)[nH]c(C(=O)OCC(=O)Nc2ccc(C)c(C)c2)c1C. The van der Waals surface area contributed by atoms with Crippen LogP contribution in [0.1, 0.15) is 50.2 Å². The van der Waals surface area contributed by atoms with Gasteiger partial charge in [-0.15, -0.1) is 0 Å². The van der Waals surface area contributed by atoms with E-state index in [1.807, 2.05) is 26.0 Å². The second-order valence-corrected chi connectivity index (χ2v) is 6.27. The summed E-state index contributed by atoms with van der Waals surface area (Å²) in [5, 5.41) is 2.68. The van der Waals surface area contributed by atoms with E-state index in [1.165, 1.54) is 0 Å². The fourth-order valence-corrected chi connectivity index (χ4v) is 2.68. The molecule has 0 fully saturated rings. The molecule has 0 unspecified atom stereocenters. The van der Waals surface area contributed by atoms with E-state index in [9.17, 15) is 14.4 Å². The van der Waals surface area contributed by atoms with Gasteiger partial charge >= 0.3 is 11.9 Å². The quantitative estimate of drug-likeness (QED) is 0.759. The van der Waals surface area contributed by atoms with Gasteiger partial charge < -0.3 is 19.8 Å². The van der Waals surface area contributed by atoms with Crippen molar-refractivity contribution in [1.29, 1.82) is 0 Å². The Morgan fingerprint density at radius 1 is 1.00 bits per heavy atom. The van der Waals surface area contributed by atoms with E-state index in [0.29, 0.717) is 22.5 Å². The van der Waals surface area contributed by atoms with Crippen LogP contribution in [-0.2, 0) is 14.3 Å². The lowest BCUT2D eigenvalue weighted by atomic mass is 10.1. The predicted molar refractivity (Wildman–Crippen MR) is 101 cm³/mol. The summed E-state index contributed by atoms with van der Waals surface area (Å²) in [6.45, 7) is 8.73. The number of hydrogen-bond donors (Lipinski definition) is 2. The van der Waals surface area contributed by atoms with E-state index in [4.69, 9.17) is 9.47 Å². The minimum atomic E-state index is -0.707. The average Bonchev–Trinajstić information content (AvgIpc) is 2.91. The van der Waals surface area contributed by atoms with Crippen LogP contribution in [0.15, 0.2) is 18.2 Å². The fraction of sp³-hybridized carbons (Fsp3) is 0.350. The first-order valence-corrected chi connectivity index (χ1v) is 8.65. The second-order valence-electron chi connectivity index (χ2n) is 6.27. The summed E-state index contributed by atoms with van der Waals surface area (Å²) in [5.41, 5.74) is 4.19. The number of anilines is 1. The molecule has 27 heavy (non-hydrogen) atoms. The highest BCUT2D eigenvalue weighted by Crippen LogP contribution is 2.20. The lowest BCUT2D eigenvalue weighted by Crippen LogP contribution is -2.21. The molecule has 144 valence electrons. The van der Waals surface area contributed by atoms with Crippen LogP contribution in [0, 0.1) is 27.7 Å². The van der Waals surface area contributed by atoms with Crippen LogP contribution in [0.2, 0.25) is 0 Å². The topological polar surface area (TPSA) is 97.5 Å². The summed E-state index contributed by atoms with van der Waals surface area (Å²) >= 11 is 0. The Morgan fingerprint density at radius 3 is 2.33 bits per heavy atom. The molecule has 7 nitrogen and oxygen atoms in total. The van der Waals surface area contributed by atoms with Gasteiger partial charge in [-0.3, -0.25) is 4.79 Å². The third-order valence-corrected chi connectivity index (χ3v) is 4.25. The fourth-order valence-electron chi connectivity index (χ4n) is 2.68. The number of carbonyl (C=O) groups is 3. The number of hydrogen-bond acceptors (Lipinski definition) is 5. The van der Waals surface area contributed by atoms with Crippen molar-refractivity contribution in [3.05, 3.63) is 51.8 Å². The van der Waals surface area contributed by atoms with Gasteiger partial charge in [-0.25, -0.2) is 9.59 Å². The zero-order chi connectivity index (χ0) is 20.1. The van der Waals surface area contributed by atoms with Gasteiger partial charge in [0.2, 0.25) is 0 Å². The molecule has 7 heteroatoms. The van der Waals surface area contributed by atoms with Gasteiger partial charge in [-0.1, -0.05) is 6.07 Å². The summed E-state index contributed by atoms with van der Waals surface area (Å²) in [5.74, 6) is -1.66. The van der Waals surface area contributed by atoms with Crippen LogP contribution < -0.4 is 5.32 Å². The Morgan fingerprint density at radius 2 is 1.70 bits per heavy atom. The van der Waals surface area contributed by atoms with Gasteiger partial charge in [-0.2, -0.15) is 0 Å². The number of aryl methyl sites for hydroxylation is 3. The van der Waals surface area contributed by atoms with E-state index in [0.717, 1.165) is 11.1 Å². The van der Waals surface area contributed by atoms with Gasteiger partial charge in [0.05, 0.1) is 12.2 Å². The van der Waals surface area contributed by atoms with E-state index in [1.54, 1.807) is 26.8 Å². The molecule has 1 aromatic heterocycles. The van der Waals surface area contributed by atoms with Crippen molar-refractivity contribution < 1.29 is 23.9 Å². The van der Waals surface area contributed by atoms with E-state index >= 15 is 0 Å². The molecule has 2 aromatic rings. The molecule has 0 aliphatic heterocycles. The monoisotopic (exact) mass is 372 g/mol. The Kier molecular flexibility index (Phi) is 6.39. The Balaban J connectivity index is 2.01. The molecule has 0 aliphatic carbocycles. The van der Waals surface area contributed by atoms with Crippen LogP contribution in [0.3, 0.4) is 0 Å². The van der Waals surface area contributed by atoms with Crippen molar-refractivity contribution in [2.45, 2.75) is 34.6 Å². The number of amides is 1. The molecule has 0 saturated carbocycles. The zero-order valence-electron chi connectivity index (χ0n) is 16.2. The average molecular weight is 372 g/mol. The largest absolute Gasteiger partial charge is 0.462 e. The maximum Gasteiger partial charge on any atom is 0.355 e. The van der Waals surface area contributed by atoms with Crippen LogP contribution in [0.25, 0.3) is 0 Å². The molecule has 0 saturated heterocycles. The van der Waals surface area contributed by atoms with Gasteiger partial charge in [0.15, 0.2) is 6.61 Å². The lowest BCUT2D eigenvalue weighted by molar-refractivity contribution is -0.119. The molecule has 0 bridgehead atoms. The van der Waals surface area contributed by atoms with Gasteiger partial charge in [0.1, 0.15) is 5.69 Å².